The number of carbonyl (C=O) groups excluding carboxylic acids is 1. The summed E-state index contributed by atoms with van der Waals surface area (Å²) in [5.74, 6) is 1.52. The SMILES string of the molecule is Cc1nn(C)c(C)c1C1CCCN1C(=O)CC(C)C1CCNCC1. The molecule has 2 aliphatic heterocycles. The molecule has 24 heavy (non-hydrogen) atoms. The van der Waals surface area contributed by atoms with Crippen LogP contribution in [0.3, 0.4) is 0 Å². The maximum Gasteiger partial charge on any atom is 0.223 e. The number of hydrogen-bond acceptors (Lipinski definition) is 3. The van der Waals surface area contributed by atoms with Crippen molar-refractivity contribution in [3.63, 3.8) is 0 Å². The summed E-state index contributed by atoms with van der Waals surface area (Å²) in [5, 5.41) is 7.97. The zero-order valence-corrected chi connectivity index (χ0v) is 15.6. The molecule has 1 aromatic heterocycles. The van der Waals surface area contributed by atoms with Crippen LogP contribution in [0, 0.1) is 25.7 Å². The first-order valence-corrected chi connectivity index (χ1v) is 9.49. The van der Waals surface area contributed by atoms with Crippen molar-refractivity contribution in [2.75, 3.05) is 19.6 Å². The van der Waals surface area contributed by atoms with E-state index in [2.05, 4.69) is 36.1 Å². The Bertz CT molecular complexity index is 588. The topological polar surface area (TPSA) is 50.2 Å². The van der Waals surface area contributed by atoms with E-state index in [1.807, 2.05) is 11.7 Å². The molecular weight excluding hydrogens is 300 g/mol. The molecule has 0 spiro atoms. The average Bonchev–Trinajstić information content (AvgIpc) is 3.13. The number of piperidine rings is 1. The molecule has 2 atom stereocenters. The zero-order valence-electron chi connectivity index (χ0n) is 15.6. The molecule has 3 rings (SSSR count). The van der Waals surface area contributed by atoms with E-state index in [1.165, 1.54) is 24.1 Å². The summed E-state index contributed by atoms with van der Waals surface area (Å²) in [6.45, 7) is 9.55. The average molecular weight is 332 g/mol. The van der Waals surface area contributed by atoms with Crippen molar-refractivity contribution in [3.8, 4) is 0 Å². The maximum absolute atomic E-state index is 13.0. The molecule has 1 amide bonds. The summed E-state index contributed by atoms with van der Waals surface area (Å²) in [5.41, 5.74) is 3.55. The summed E-state index contributed by atoms with van der Waals surface area (Å²) in [6, 6.07) is 0.228. The minimum atomic E-state index is 0.228. The van der Waals surface area contributed by atoms with Gasteiger partial charge >= 0.3 is 0 Å². The lowest BCUT2D eigenvalue weighted by Gasteiger charge is -2.31. The molecule has 2 unspecified atom stereocenters. The summed E-state index contributed by atoms with van der Waals surface area (Å²) < 4.78 is 1.95. The molecule has 0 radical (unpaired) electrons. The van der Waals surface area contributed by atoms with Crippen molar-refractivity contribution in [3.05, 3.63) is 17.0 Å². The van der Waals surface area contributed by atoms with Gasteiger partial charge in [0.25, 0.3) is 0 Å². The Labute approximate surface area is 145 Å². The standard InChI is InChI=1S/C19H32N4O/c1-13(16-7-9-20-10-8-16)12-18(24)23-11-5-6-17(23)19-14(2)21-22(4)15(19)3/h13,16-17,20H,5-12H2,1-4H3. The number of nitrogens with zero attached hydrogens (tertiary/aromatic N) is 3. The first kappa shape index (κ1) is 17.5. The van der Waals surface area contributed by atoms with E-state index in [0.717, 1.165) is 38.2 Å². The monoisotopic (exact) mass is 332 g/mol. The van der Waals surface area contributed by atoms with Crippen LogP contribution in [-0.2, 0) is 11.8 Å². The zero-order chi connectivity index (χ0) is 17.3. The van der Waals surface area contributed by atoms with Crippen LogP contribution in [0.15, 0.2) is 0 Å². The Morgan fingerprint density at radius 2 is 2.00 bits per heavy atom. The molecule has 5 nitrogen and oxygen atoms in total. The van der Waals surface area contributed by atoms with Gasteiger partial charge in [-0.25, -0.2) is 0 Å². The largest absolute Gasteiger partial charge is 0.336 e. The predicted molar refractivity (Wildman–Crippen MR) is 95.7 cm³/mol. The third kappa shape index (κ3) is 3.37. The predicted octanol–water partition coefficient (Wildman–Crippen LogP) is 2.73. The van der Waals surface area contributed by atoms with Gasteiger partial charge in [-0.3, -0.25) is 9.48 Å². The summed E-state index contributed by atoms with van der Waals surface area (Å²) in [7, 11) is 1.99. The van der Waals surface area contributed by atoms with Crippen LogP contribution in [-0.4, -0.2) is 40.2 Å². The molecule has 0 aromatic carbocycles. The third-order valence-electron chi connectivity index (χ3n) is 6.16. The quantitative estimate of drug-likeness (QED) is 0.922. The van der Waals surface area contributed by atoms with Gasteiger partial charge in [0.15, 0.2) is 0 Å². The molecule has 0 bridgehead atoms. The van der Waals surface area contributed by atoms with Crippen molar-refractivity contribution in [2.45, 2.75) is 58.9 Å². The highest BCUT2D eigenvalue weighted by atomic mass is 16.2. The van der Waals surface area contributed by atoms with Crippen LogP contribution in [0.4, 0.5) is 0 Å². The number of amides is 1. The highest BCUT2D eigenvalue weighted by Crippen LogP contribution is 2.36. The van der Waals surface area contributed by atoms with Gasteiger partial charge in [0.2, 0.25) is 5.91 Å². The second-order valence-corrected chi connectivity index (χ2v) is 7.72. The van der Waals surface area contributed by atoms with Crippen molar-refractivity contribution in [2.24, 2.45) is 18.9 Å². The Balaban J connectivity index is 1.69. The van der Waals surface area contributed by atoms with Crippen LogP contribution in [0.1, 0.15) is 62.0 Å². The summed E-state index contributed by atoms with van der Waals surface area (Å²) >= 11 is 0. The third-order valence-corrected chi connectivity index (χ3v) is 6.16. The first-order chi connectivity index (χ1) is 11.5. The van der Waals surface area contributed by atoms with Gasteiger partial charge in [-0.15, -0.1) is 0 Å². The number of carbonyl (C=O) groups is 1. The normalized spacial score (nSPS) is 23.7. The molecule has 2 saturated heterocycles. The van der Waals surface area contributed by atoms with Gasteiger partial charge in [-0.2, -0.15) is 5.10 Å². The van der Waals surface area contributed by atoms with E-state index in [4.69, 9.17) is 0 Å². The van der Waals surface area contributed by atoms with E-state index in [9.17, 15) is 4.79 Å². The van der Waals surface area contributed by atoms with Crippen LogP contribution >= 0.6 is 0 Å². The number of aryl methyl sites for hydroxylation is 2. The van der Waals surface area contributed by atoms with E-state index in [-0.39, 0.29) is 6.04 Å². The van der Waals surface area contributed by atoms with E-state index in [0.29, 0.717) is 24.2 Å². The Kier molecular flexibility index (Phi) is 5.28. The fraction of sp³-hybridized carbons (Fsp3) is 0.789. The Morgan fingerprint density at radius 1 is 1.29 bits per heavy atom. The minimum absolute atomic E-state index is 0.228. The highest BCUT2D eigenvalue weighted by molar-refractivity contribution is 5.77. The molecule has 0 aliphatic carbocycles. The van der Waals surface area contributed by atoms with Gasteiger partial charge in [-0.05, 0) is 64.5 Å². The minimum Gasteiger partial charge on any atom is -0.336 e. The van der Waals surface area contributed by atoms with E-state index >= 15 is 0 Å². The molecule has 3 heterocycles. The second-order valence-electron chi connectivity index (χ2n) is 7.72. The van der Waals surface area contributed by atoms with Gasteiger partial charge < -0.3 is 10.2 Å². The molecule has 2 fully saturated rings. The number of likely N-dealkylation sites (tertiary alicyclic amines) is 1. The van der Waals surface area contributed by atoms with Crippen molar-refractivity contribution in [1.29, 1.82) is 0 Å². The van der Waals surface area contributed by atoms with Crippen LogP contribution in [0.5, 0.6) is 0 Å². The lowest BCUT2D eigenvalue weighted by atomic mass is 9.84. The van der Waals surface area contributed by atoms with Crippen LogP contribution in [0.2, 0.25) is 0 Å². The fourth-order valence-corrected chi connectivity index (χ4v) is 4.61. The van der Waals surface area contributed by atoms with Gasteiger partial charge in [0.05, 0.1) is 11.7 Å². The lowest BCUT2D eigenvalue weighted by Crippen LogP contribution is -2.35. The second kappa shape index (κ2) is 7.26. The van der Waals surface area contributed by atoms with Gasteiger partial charge in [-0.1, -0.05) is 6.92 Å². The first-order valence-electron chi connectivity index (χ1n) is 9.49. The highest BCUT2D eigenvalue weighted by Gasteiger charge is 2.34. The Hall–Kier alpha value is -1.36. The summed E-state index contributed by atoms with van der Waals surface area (Å²) in [4.78, 5) is 15.1. The lowest BCUT2D eigenvalue weighted by molar-refractivity contribution is -0.133. The van der Waals surface area contributed by atoms with E-state index < -0.39 is 0 Å². The molecular formula is C19H32N4O. The molecule has 1 N–H and O–H groups in total. The van der Waals surface area contributed by atoms with Crippen LogP contribution in [0.25, 0.3) is 0 Å². The maximum atomic E-state index is 13.0. The smallest absolute Gasteiger partial charge is 0.223 e. The van der Waals surface area contributed by atoms with Gasteiger partial charge in [0, 0.05) is 31.3 Å². The van der Waals surface area contributed by atoms with E-state index in [1.54, 1.807) is 0 Å². The molecule has 0 saturated carbocycles. The summed E-state index contributed by atoms with van der Waals surface area (Å²) in [6.07, 6.45) is 5.28. The van der Waals surface area contributed by atoms with Gasteiger partial charge in [0.1, 0.15) is 0 Å². The number of aromatic nitrogens is 2. The Morgan fingerprint density at radius 3 is 2.62 bits per heavy atom. The molecule has 2 aliphatic rings. The van der Waals surface area contributed by atoms with Crippen LogP contribution < -0.4 is 5.32 Å². The number of rotatable bonds is 4. The van der Waals surface area contributed by atoms with Crippen molar-refractivity contribution in [1.82, 2.24) is 20.0 Å². The van der Waals surface area contributed by atoms with Crippen molar-refractivity contribution < 1.29 is 4.79 Å². The fourth-order valence-electron chi connectivity index (χ4n) is 4.61. The number of hydrogen-bond donors (Lipinski definition) is 1. The number of nitrogens with one attached hydrogen (secondary N) is 1. The molecule has 1 aromatic rings. The van der Waals surface area contributed by atoms with Crippen molar-refractivity contribution >= 4 is 5.91 Å². The molecule has 134 valence electrons. The molecule has 5 heteroatoms.